The molecule has 17 heavy (non-hydrogen) atoms. The van der Waals surface area contributed by atoms with E-state index in [1.807, 2.05) is 6.07 Å². The first-order chi connectivity index (χ1) is 8.15. The molecule has 0 saturated carbocycles. The van der Waals surface area contributed by atoms with Crippen LogP contribution in [-0.4, -0.2) is 36.6 Å². The number of anilines is 1. The third-order valence-corrected chi connectivity index (χ3v) is 3.90. The summed E-state index contributed by atoms with van der Waals surface area (Å²) in [5.41, 5.74) is 0. The average molecular weight is 319 g/mol. The summed E-state index contributed by atoms with van der Waals surface area (Å²) < 4.78 is 0.925. The first kappa shape index (κ1) is 13.1. The normalized spacial score (nSPS) is 21.5. The van der Waals surface area contributed by atoms with Crippen LogP contribution in [-0.2, 0) is 0 Å². The van der Waals surface area contributed by atoms with Crippen molar-refractivity contribution in [3.05, 3.63) is 21.8 Å². The molecular formula is C12H17BrClN3. The lowest BCUT2D eigenvalue weighted by Crippen LogP contribution is -2.35. The molecule has 5 heteroatoms. The monoisotopic (exact) mass is 317 g/mol. The van der Waals surface area contributed by atoms with E-state index in [-0.39, 0.29) is 0 Å². The minimum absolute atomic E-state index is 0.653. The molecule has 94 valence electrons. The molecular weight excluding hydrogens is 302 g/mol. The van der Waals surface area contributed by atoms with Crippen molar-refractivity contribution in [1.82, 2.24) is 9.88 Å². The van der Waals surface area contributed by atoms with Gasteiger partial charge >= 0.3 is 0 Å². The van der Waals surface area contributed by atoms with Crippen molar-refractivity contribution in [2.75, 3.05) is 32.0 Å². The topological polar surface area (TPSA) is 28.2 Å². The molecule has 1 saturated heterocycles. The highest BCUT2D eigenvalue weighted by molar-refractivity contribution is 9.10. The third kappa shape index (κ3) is 3.83. The van der Waals surface area contributed by atoms with E-state index in [2.05, 4.69) is 38.2 Å². The number of aromatic nitrogens is 1. The van der Waals surface area contributed by atoms with Crippen molar-refractivity contribution >= 4 is 33.3 Å². The van der Waals surface area contributed by atoms with Crippen molar-refractivity contribution in [3.63, 3.8) is 0 Å². The third-order valence-electron chi connectivity index (χ3n) is 3.09. The second-order valence-electron chi connectivity index (χ2n) is 4.64. The van der Waals surface area contributed by atoms with Gasteiger partial charge in [-0.1, -0.05) is 11.6 Å². The lowest BCUT2D eigenvalue weighted by molar-refractivity contribution is 0.217. The number of piperidine rings is 1. The van der Waals surface area contributed by atoms with Crippen LogP contribution in [0.2, 0.25) is 5.02 Å². The zero-order chi connectivity index (χ0) is 12.3. The van der Waals surface area contributed by atoms with Gasteiger partial charge in [0, 0.05) is 19.3 Å². The van der Waals surface area contributed by atoms with Crippen molar-refractivity contribution in [2.45, 2.75) is 12.8 Å². The first-order valence-corrected chi connectivity index (χ1v) is 7.05. The minimum atomic E-state index is 0.653. The highest BCUT2D eigenvalue weighted by Gasteiger charge is 2.17. The van der Waals surface area contributed by atoms with Gasteiger partial charge in [0.05, 0.1) is 9.50 Å². The van der Waals surface area contributed by atoms with Crippen LogP contribution in [0, 0.1) is 5.92 Å². The van der Waals surface area contributed by atoms with Gasteiger partial charge in [-0.3, -0.25) is 0 Å². The standard InChI is InChI=1S/C12H17BrClN3/c1-17-4-2-3-9(8-17)6-15-12-11(13)5-10(14)7-16-12/h5,7,9H,2-4,6,8H2,1H3,(H,15,16). The fraction of sp³-hybridized carbons (Fsp3) is 0.583. The molecule has 1 atom stereocenters. The van der Waals surface area contributed by atoms with E-state index >= 15 is 0 Å². The SMILES string of the molecule is CN1CCCC(CNc2ncc(Cl)cc2Br)C1. The highest BCUT2D eigenvalue weighted by Crippen LogP contribution is 2.24. The van der Waals surface area contributed by atoms with Crippen LogP contribution in [0.15, 0.2) is 16.7 Å². The van der Waals surface area contributed by atoms with E-state index in [4.69, 9.17) is 11.6 Å². The first-order valence-electron chi connectivity index (χ1n) is 5.88. The molecule has 1 aromatic heterocycles. The Morgan fingerprint density at radius 2 is 2.47 bits per heavy atom. The van der Waals surface area contributed by atoms with Crippen LogP contribution in [0.1, 0.15) is 12.8 Å². The molecule has 3 nitrogen and oxygen atoms in total. The molecule has 1 aliphatic rings. The molecule has 1 fully saturated rings. The van der Waals surface area contributed by atoms with Crippen LogP contribution in [0.4, 0.5) is 5.82 Å². The number of halogens is 2. The molecule has 0 aliphatic carbocycles. The van der Waals surface area contributed by atoms with Gasteiger partial charge in [-0.15, -0.1) is 0 Å². The van der Waals surface area contributed by atoms with Gasteiger partial charge in [0.15, 0.2) is 0 Å². The van der Waals surface area contributed by atoms with Crippen molar-refractivity contribution in [2.24, 2.45) is 5.92 Å². The molecule has 2 heterocycles. The molecule has 1 aliphatic heterocycles. The molecule has 1 aromatic rings. The van der Waals surface area contributed by atoms with Crippen molar-refractivity contribution in [1.29, 1.82) is 0 Å². The second-order valence-corrected chi connectivity index (χ2v) is 5.93. The number of hydrogen-bond donors (Lipinski definition) is 1. The Morgan fingerprint density at radius 1 is 1.65 bits per heavy atom. The minimum Gasteiger partial charge on any atom is -0.369 e. The number of pyridine rings is 1. The molecule has 2 rings (SSSR count). The van der Waals surface area contributed by atoms with Gasteiger partial charge in [-0.05, 0) is 54.3 Å². The summed E-state index contributed by atoms with van der Waals surface area (Å²) in [6.45, 7) is 3.36. The number of rotatable bonds is 3. The highest BCUT2D eigenvalue weighted by atomic mass is 79.9. The quantitative estimate of drug-likeness (QED) is 0.927. The van der Waals surface area contributed by atoms with E-state index in [0.717, 1.165) is 23.4 Å². The van der Waals surface area contributed by atoms with E-state index in [1.54, 1.807) is 6.20 Å². The Hall–Kier alpha value is -0.320. The Balaban J connectivity index is 1.88. The fourth-order valence-electron chi connectivity index (χ4n) is 2.23. The summed E-state index contributed by atoms with van der Waals surface area (Å²) in [5.74, 6) is 1.58. The van der Waals surface area contributed by atoms with Gasteiger partial charge in [0.25, 0.3) is 0 Å². The number of hydrogen-bond acceptors (Lipinski definition) is 3. The van der Waals surface area contributed by atoms with Gasteiger partial charge in [0.2, 0.25) is 0 Å². The summed E-state index contributed by atoms with van der Waals surface area (Å²) in [4.78, 5) is 6.67. The predicted molar refractivity (Wildman–Crippen MR) is 75.7 cm³/mol. The Kier molecular flexibility index (Phi) is 4.65. The second kappa shape index (κ2) is 6.03. The van der Waals surface area contributed by atoms with E-state index in [0.29, 0.717) is 10.9 Å². The Labute approximate surface area is 116 Å². The van der Waals surface area contributed by atoms with Crippen LogP contribution in [0.3, 0.4) is 0 Å². The molecule has 0 aromatic carbocycles. The summed E-state index contributed by atoms with van der Waals surface area (Å²) in [6.07, 6.45) is 4.25. The zero-order valence-electron chi connectivity index (χ0n) is 9.92. The Morgan fingerprint density at radius 3 is 3.18 bits per heavy atom. The summed E-state index contributed by atoms with van der Waals surface area (Å²) in [7, 11) is 2.18. The smallest absolute Gasteiger partial charge is 0.140 e. The molecule has 0 spiro atoms. The summed E-state index contributed by atoms with van der Waals surface area (Å²) in [5, 5.41) is 4.04. The molecule has 1 unspecified atom stereocenters. The van der Waals surface area contributed by atoms with Crippen LogP contribution >= 0.6 is 27.5 Å². The Bertz CT molecular complexity index is 386. The van der Waals surface area contributed by atoms with E-state index in [1.165, 1.54) is 19.4 Å². The van der Waals surface area contributed by atoms with Gasteiger partial charge in [-0.25, -0.2) is 4.98 Å². The maximum absolute atomic E-state index is 5.86. The van der Waals surface area contributed by atoms with Crippen molar-refractivity contribution < 1.29 is 0 Å². The van der Waals surface area contributed by atoms with Gasteiger partial charge in [0.1, 0.15) is 5.82 Å². The number of likely N-dealkylation sites (tertiary alicyclic amines) is 1. The number of nitrogens with one attached hydrogen (secondary N) is 1. The molecule has 0 bridgehead atoms. The summed E-state index contributed by atoms with van der Waals surface area (Å²) >= 11 is 9.32. The van der Waals surface area contributed by atoms with Crippen LogP contribution < -0.4 is 5.32 Å². The van der Waals surface area contributed by atoms with Crippen molar-refractivity contribution in [3.8, 4) is 0 Å². The van der Waals surface area contributed by atoms with Gasteiger partial charge < -0.3 is 10.2 Å². The fourth-order valence-corrected chi connectivity index (χ4v) is 3.00. The van der Waals surface area contributed by atoms with E-state index < -0.39 is 0 Å². The average Bonchev–Trinajstić information content (AvgIpc) is 2.28. The van der Waals surface area contributed by atoms with E-state index in [9.17, 15) is 0 Å². The van der Waals surface area contributed by atoms with Crippen LogP contribution in [0.25, 0.3) is 0 Å². The maximum atomic E-state index is 5.86. The van der Waals surface area contributed by atoms with Gasteiger partial charge in [-0.2, -0.15) is 0 Å². The summed E-state index contributed by atoms with van der Waals surface area (Å²) in [6, 6.07) is 1.86. The lowest BCUT2D eigenvalue weighted by Gasteiger charge is -2.29. The molecule has 1 N–H and O–H groups in total. The zero-order valence-corrected chi connectivity index (χ0v) is 12.3. The molecule has 0 amide bonds. The lowest BCUT2D eigenvalue weighted by atomic mass is 9.98. The maximum Gasteiger partial charge on any atom is 0.140 e. The number of nitrogens with zero attached hydrogens (tertiary/aromatic N) is 2. The largest absolute Gasteiger partial charge is 0.369 e. The van der Waals surface area contributed by atoms with Crippen LogP contribution in [0.5, 0.6) is 0 Å². The predicted octanol–water partition coefficient (Wildman–Crippen LogP) is 3.25. The molecule has 0 radical (unpaired) electrons.